The fourth-order valence-corrected chi connectivity index (χ4v) is 4.06. The maximum atomic E-state index is 9.20. The minimum atomic E-state index is -0.0118. The van der Waals surface area contributed by atoms with Gasteiger partial charge >= 0.3 is 0 Å². The summed E-state index contributed by atoms with van der Waals surface area (Å²) in [4.78, 5) is 0. The van der Waals surface area contributed by atoms with Gasteiger partial charge in [0.25, 0.3) is 0 Å². The van der Waals surface area contributed by atoms with Gasteiger partial charge in [0.1, 0.15) is 16.6 Å². The van der Waals surface area contributed by atoms with Crippen molar-refractivity contribution in [1.82, 2.24) is 4.37 Å². The van der Waals surface area contributed by atoms with Gasteiger partial charge in [-0.2, -0.15) is 9.64 Å². The number of nitrogens with zero attached hydrogens (tertiary/aromatic N) is 2. The third-order valence-electron chi connectivity index (χ3n) is 4.26. The Morgan fingerprint density at radius 1 is 1.35 bits per heavy atom. The number of halogens is 2. The lowest BCUT2D eigenvalue weighted by Crippen LogP contribution is -2.40. The van der Waals surface area contributed by atoms with Crippen LogP contribution in [0.25, 0.3) is 0 Å². The van der Waals surface area contributed by atoms with E-state index in [-0.39, 0.29) is 10.6 Å². The van der Waals surface area contributed by atoms with E-state index in [1.807, 2.05) is 0 Å². The first-order valence-electron chi connectivity index (χ1n) is 7.27. The molecule has 1 aliphatic heterocycles. The summed E-state index contributed by atoms with van der Waals surface area (Å²) < 4.78 is 10.7. The van der Waals surface area contributed by atoms with Crippen molar-refractivity contribution in [1.29, 1.82) is 5.26 Å². The van der Waals surface area contributed by atoms with Gasteiger partial charge < -0.3 is 10.1 Å². The van der Waals surface area contributed by atoms with E-state index in [0.717, 1.165) is 42.1 Å². The van der Waals surface area contributed by atoms with Crippen molar-refractivity contribution in [2.24, 2.45) is 0 Å². The lowest BCUT2D eigenvalue weighted by Gasteiger charge is -2.38. The van der Waals surface area contributed by atoms with E-state index in [1.54, 1.807) is 0 Å². The molecule has 1 aromatic heterocycles. The summed E-state index contributed by atoms with van der Waals surface area (Å²) in [5, 5.41) is 13.6. The van der Waals surface area contributed by atoms with E-state index in [0.29, 0.717) is 5.56 Å². The molecular formula is C16H15BrClN3OS. The largest absolute Gasteiger partial charge is 0.381 e. The Kier molecular flexibility index (Phi) is 5.22. The zero-order valence-corrected chi connectivity index (χ0v) is 15.5. The minimum Gasteiger partial charge on any atom is -0.381 e. The normalized spacial score (nSPS) is 16.7. The highest BCUT2D eigenvalue weighted by atomic mass is 79.9. The van der Waals surface area contributed by atoms with Gasteiger partial charge in [0, 0.05) is 29.6 Å². The molecule has 23 heavy (non-hydrogen) atoms. The molecule has 1 fully saturated rings. The third kappa shape index (κ3) is 3.53. The topological polar surface area (TPSA) is 57.9 Å². The summed E-state index contributed by atoms with van der Waals surface area (Å²) in [6, 6.07) is 10.6. The van der Waals surface area contributed by atoms with Crippen LogP contribution in [-0.2, 0) is 10.2 Å². The van der Waals surface area contributed by atoms with Gasteiger partial charge in [-0.3, -0.25) is 0 Å². The quantitative estimate of drug-likeness (QED) is 0.798. The number of nitrogens with one attached hydrogen (secondary N) is 1. The highest BCUT2D eigenvalue weighted by Gasteiger charge is 2.34. The van der Waals surface area contributed by atoms with E-state index >= 15 is 0 Å². The number of nitriles is 1. The van der Waals surface area contributed by atoms with Gasteiger partial charge in [-0.05, 0) is 42.1 Å². The van der Waals surface area contributed by atoms with Crippen molar-refractivity contribution < 1.29 is 4.74 Å². The molecule has 1 saturated heterocycles. The van der Waals surface area contributed by atoms with Crippen LogP contribution in [0.4, 0.5) is 5.00 Å². The van der Waals surface area contributed by atoms with Crippen LogP contribution in [0.2, 0.25) is 5.15 Å². The van der Waals surface area contributed by atoms with Gasteiger partial charge in [0.05, 0.1) is 0 Å². The summed E-state index contributed by atoms with van der Waals surface area (Å²) in [7, 11) is 0. The summed E-state index contributed by atoms with van der Waals surface area (Å²) in [6.45, 7) is 2.21. The summed E-state index contributed by atoms with van der Waals surface area (Å²) >= 11 is 10.7. The molecule has 4 nitrogen and oxygen atoms in total. The second-order valence-corrected chi connectivity index (χ2v) is 7.59. The molecule has 0 atom stereocenters. The second-order valence-electron chi connectivity index (χ2n) is 5.54. The van der Waals surface area contributed by atoms with Crippen LogP contribution in [0, 0.1) is 11.3 Å². The van der Waals surface area contributed by atoms with Crippen molar-refractivity contribution in [2.75, 3.05) is 25.1 Å². The number of anilines is 1. The van der Waals surface area contributed by atoms with Gasteiger partial charge in [-0.1, -0.05) is 39.7 Å². The number of hydrogen-bond donors (Lipinski definition) is 1. The first-order valence-corrected chi connectivity index (χ1v) is 9.22. The van der Waals surface area contributed by atoms with Crippen LogP contribution in [-0.4, -0.2) is 24.1 Å². The SMILES string of the molecule is N#Cc1c(Cl)nsc1NCC1(c2ccc(Br)cc2)CCOCC1. The van der Waals surface area contributed by atoms with Gasteiger partial charge in [0.15, 0.2) is 5.15 Å². The van der Waals surface area contributed by atoms with Crippen molar-refractivity contribution in [3.8, 4) is 6.07 Å². The molecule has 0 aliphatic carbocycles. The van der Waals surface area contributed by atoms with E-state index in [1.165, 1.54) is 17.1 Å². The van der Waals surface area contributed by atoms with Crippen LogP contribution in [0.1, 0.15) is 24.0 Å². The maximum absolute atomic E-state index is 9.20. The Bertz CT molecular complexity index is 720. The fourth-order valence-electron chi connectivity index (χ4n) is 2.87. The lowest BCUT2D eigenvalue weighted by molar-refractivity contribution is 0.0544. The molecule has 7 heteroatoms. The molecule has 2 aromatic rings. The number of ether oxygens (including phenoxy) is 1. The van der Waals surface area contributed by atoms with Crippen molar-refractivity contribution in [2.45, 2.75) is 18.3 Å². The lowest BCUT2D eigenvalue weighted by atomic mass is 9.74. The Hall–Kier alpha value is -1.13. The Labute approximate surface area is 152 Å². The fraction of sp³-hybridized carbons (Fsp3) is 0.375. The third-order valence-corrected chi connectivity index (χ3v) is 5.96. The predicted octanol–water partition coefficient (Wildman–Crippen LogP) is 4.59. The van der Waals surface area contributed by atoms with Crippen molar-refractivity contribution in [3.63, 3.8) is 0 Å². The average molecular weight is 413 g/mol. The summed E-state index contributed by atoms with van der Waals surface area (Å²) in [5.74, 6) is 0. The summed E-state index contributed by atoms with van der Waals surface area (Å²) in [5.41, 5.74) is 1.70. The first kappa shape index (κ1) is 16.7. The Balaban J connectivity index is 1.85. The molecule has 0 bridgehead atoms. The highest BCUT2D eigenvalue weighted by Crippen LogP contribution is 2.37. The monoisotopic (exact) mass is 411 g/mol. The van der Waals surface area contributed by atoms with E-state index < -0.39 is 0 Å². The first-order chi connectivity index (χ1) is 11.1. The number of hydrogen-bond acceptors (Lipinski definition) is 5. The number of benzene rings is 1. The summed E-state index contributed by atoms with van der Waals surface area (Å²) in [6.07, 6.45) is 1.88. The molecule has 120 valence electrons. The van der Waals surface area contributed by atoms with Gasteiger partial charge in [-0.25, -0.2) is 0 Å². The zero-order valence-electron chi connectivity index (χ0n) is 12.3. The minimum absolute atomic E-state index is 0.0118. The molecule has 2 heterocycles. The molecule has 0 spiro atoms. The van der Waals surface area contributed by atoms with Crippen LogP contribution in [0.5, 0.6) is 0 Å². The standard InChI is InChI=1S/C16H15BrClN3OS/c17-12-3-1-11(2-4-12)16(5-7-22-8-6-16)10-20-15-13(9-19)14(18)21-23-15/h1-4,20H,5-8,10H2. The molecule has 0 radical (unpaired) electrons. The molecule has 3 rings (SSSR count). The van der Waals surface area contributed by atoms with E-state index in [9.17, 15) is 5.26 Å². The van der Waals surface area contributed by atoms with Crippen LogP contribution < -0.4 is 5.32 Å². The molecule has 1 aromatic carbocycles. The zero-order chi connectivity index (χ0) is 16.3. The smallest absolute Gasteiger partial charge is 0.162 e. The molecule has 0 saturated carbocycles. The second kappa shape index (κ2) is 7.18. The van der Waals surface area contributed by atoms with Crippen LogP contribution >= 0.6 is 39.1 Å². The molecule has 1 N–H and O–H groups in total. The molecular weight excluding hydrogens is 398 g/mol. The number of rotatable bonds is 4. The van der Waals surface area contributed by atoms with Gasteiger partial charge in [0.2, 0.25) is 0 Å². The van der Waals surface area contributed by atoms with Crippen molar-refractivity contribution >= 4 is 44.1 Å². The maximum Gasteiger partial charge on any atom is 0.162 e. The Morgan fingerprint density at radius 3 is 2.70 bits per heavy atom. The van der Waals surface area contributed by atoms with Gasteiger partial charge in [-0.15, -0.1) is 0 Å². The average Bonchev–Trinajstić information content (AvgIpc) is 2.94. The number of aromatic nitrogens is 1. The predicted molar refractivity (Wildman–Crippen MR) is 96.2 cm³/mol. The van der Waals surface area contributed by atoms with E-state index in [4.69, 9.17) is 16.3 Å². The van der Waals surface area contributed by atoms with E-state index in [2.05, 4.69) is 56.0 Å². The Morgan fingerprint density at radius 2 is 2.04 bits per heavy atom. The molecule has 0 unspecified atom stereocenters. The van der Waals surface area contributed by atoms with Crippen LogP contribution in [0.15, 0.2) is 28.7 Å². The van der Waals surface area contributed by atoms with Crippen molar-refractivity contribution in [3.05, 3.63) is 45.0 Å². The van der Waals surface area contributed by atoms with Crippen LogP contribution in [0.3, 0.4) is 0 Å². The molecule has 0 amide bonds. The highest BCUT2D eigenvalue weighted by molar-refractivity contribution is 9.10. The molecule has 1 aliphatic rings.